The third-order valence-electron chi connectivity index (χ3n) is 3.70. The predicted molar refractivity (Wildman–Crippen MR) is 83.9 cm³/mol. The van der Waals surface area contributed by atoms with Crippen LogP contribution in [0.4, 0.5) is 0 Å². The van der Waals surface area contributed by atoms with E-state index in [2.05, 4.69) is 44.2 Å². The number of rotatable bonds is 10. The van der Waals surface area contributed by atoms with Gasteiger partial charge >= 0.3 is 0 Å². The summed E-state index contributed by atoms with van der Waals surface area (Å²) in [5.41, 5.74) is 1.28. The second-order valence-corrected chi connectivity index (χ2v) is 5.71. The molecular weight excluding hydrogens is 250 g/mol. The van der Waals surface area contributed by atoms with Crippen LogP contribution in [0.15, 0.2) is 12.3 Å². The van der Waals surface area contributed by atoms with Crippen LogP contribution in [0, 0.1) is 5.92 Å². The summed E-state index contributed by atoms with van der Waals surface area (Å²) in [5, 5.41) is 7.90. The molecule has 0 bridgehead atoms. The lowest BCUT2D eigenvalue weighted by Gasteiger charge is -2.31. The van der Waals surface area contributed by atoms with Gasteiger partial charge in [0.05, 0.1) is 6.10 Å². The van der Waals surface area contributed by atoms with Gasteiger partial charge in [-0.2, -0.15) is 5.10 Å². The van der Waals surface area contributed by atoms with Gasteiger partial charge in [0.15, 0.2) is 0 Å². The maximum atomic E-state index is 5.98. The van der Waals surface area contributed by atoms with E-state index in [1.807, 2.05) is 17.9 Å². The molecule has 4 nitrogen and oxygen atoms in total. The molecule has 20 heavy (non-hydrogen) atoms. The lowest BCUT2D eigenvalue weighted by Crippen LogP contribution is -2.45. The van der Waals surface area contributed by atoms with Gasteiger partial charge in [-0.25, -0.2) is 0 Å². The molecule has 0 saturated heterocycles. The van der Waals surface area contributed by atoms with Crippen LogP contribution in [0.1, 0.15) is 46.2 Å². The summed E-state index contributed by atoms with van der Waals surface area (Å²) in [6, 6.07) is 2.51. The van der Waals surface area contributed by atoms with E-state index in [-0.39, 0.29) is 6.10 Å². The Bertz CT molecular complexity index is 362. The average Bonchev–Trinajstić information content (AvgIpc) is 2.82. The minimum absolute atomic E-state index is 0.278. The highest BCUT2D eigenvalue weighted by molar-refractivity contribution is 5.01. The van der Waals surface area contributed by atoms with Crippen molar-refractivity contribution in [3.8, 4) is 0 Å². The third kappa shape index (κ3) is 5.25. The van der Waals surface area contributed by atoms with Crippen molar-refractivity contribution in [3.63, 3.8) is 0 Å². The topological polar surface area (TPSA) is 39.1 Å². The molecule has 2 unspecified atom stereocenters. The van der Waals surface area contributed by atoms with Crippen LogP contribution in [0.3, 0.4) is 0 Å². The molecule has 0 aliphatic heterocycles. The largest absolute Gasteiger partial charge is 0.377 e. The number of hydrogen-bond acceptors (Lipinski definition) is 3. The van der Waals surface area contributed by atoms with Crippen molar-refractivity contribution in [2.24, 2.45) is 13.0 Å². The van der Waals surface area contributed by atoms with E-state index < -0.39 is 0 Å². The van der Waals surface area contributed by atoms with Gasteiger partial charge in [-0.15, -0.1) is 0 Å². The SMILES string of the molecule is CCCNC(CCc1ccnn1C)C(OCC)C(C)C. The summed E-state index contributed by atoms with van der Waals surface area (Å²) >= 11 is 0. The van der Waals surface area contributed by atoms with E-state index in [1.54, 1.807) is 0 Å². The normalized spacial score (nSPS) is 14.7. The smallest absolute Gasteiger partial charge is 0.0750 e. The molecule has 1 aromatic rings. The molecular formula is C16H31N3O. The van der Waals surface area contributed by atoms with Gasteiger partial charge in [-0.1, -0.05) is 20.8 Å². The molecule has 1 rings (SSSR count). The van der Waals surface area contributed by atoms with Crippen LogP contribution >= 0.6 is 0 Å². The second-order valence-electron chi connectivity index (χ2n) is 5.71. The minimum atomic E-state index is 0.278. The maximum Gasteiger partial charge on any atom is 0.0750 e. The zero-order valence-corrected chi connectivity index (χ0v) is 13.7. The monoisotopic (exact) mass is 281 g/mol. The summed E-state index contributed by atoms with van der Waals surface area (Å²) in [4.78, 5) is 0. The van der Waals surface area contributed by atoms with E-state index in [4.69, 9.17) is 4.74 Å². The van der Waals surface area contributed by atoms with Gasteiger partial charge in [-0.05, 0) is 44.7 Å². The number of nitrogens with one attached hydrogen (secondary N) is 1. The van der Waals surface area contributed by atoms with Gasteiger partial charge in [0, 0.05) is 31.6 Å². The van der Waals surface area contributed by atoms with Gasteiger partial charge in [0.1, 0.15) is 0 Å². The van der Waals surface area contributed by atoms with Crippen molar-refractivity contribution in [2.75, 3.05) is 13.2 Å². The first kappa shape index (κ1) is 17.2. The molecule has 4 heteroatoms. The van der Waals surface area contributed by atoms with Crippen LogP contribution in [0.2, 0.25) is 0 Å². The number of nitrogens with zero attached hydrogens (tertiary/aromatic N) is 2. The predicted octanol–water partition coefficient (Wildman–Crippen LogP) is 2.78. The Labute approximate surface area is 123 Å². The van der Waals surface area contributed by atoms with Crippen LogP contribution in [0.5, 0.6) is 0 Å². The number of aryl methyl sites for hydroxylation is 2. The van der Waals surface area contributed by atoms with Crippen LogP contribution in [-0.2, 0) is 18.2 Å². The van der Waals surface area contributed by atoms with Gasteiger partial charge in [-0.3, -0.25) is 4.68 Å². The van der Waals surface area contributed by atoms with Crippen LogP contribution in [0.25, 0.3) is 0 Å². The number of ether oxygens (including phenoxy) is 1. The van der Waals surface area contributed by atoms with Crippen molar-refractivity contribution in [1.82, 2.24) is 15.1 Å². The molecule has 0 spiro atoms. The summed E-state index contributed by atoms with van der Waals surface area (Å²) < 4.78 is 7.94. The fraction of sp³-hybridized carbons (Fsp3) is 0.812. The summed E-state index contributed by atoms with van der Waals surface area (Å²) in [6.07, 6.45) is 5.42. The summed E-state index contributed by atoms with van der Waals surface area (Å²) in [6.45, 7) is 10.6. The standard InChI is InChI=1S/C16H31N3O/c1-6-11-17-15(16(13(3)4)20-7-2)9-8-14-10-12-18-19(14)5/h10,12-13,15-17H,6-9,11H2,1-5H3. The lowest BCUT2D eigenvalue weighted by molar-refractivity contribution is 0.00150. The zero-order chi connectivity index (χ0) is 15.0. The average molecular weight is 281 g/mol. The third-order valence-corrected chi connectivity index (χ3v) is 3.70. The Morgan fingerprint density at radius 2 is 2.10 bits per heavy atom. The number of hydrogen-bond donors (Lipinski definition) is 1. The van der Waals surface area contributed by atoms with Crippen molar-refractivity contribution in [2.45, 2.75) is 59.1 Å². The summed E-state index contributed by atoms with van der Waals surface area (Å²) in [7, 11) is 2.01. The molecule has 116 valence electrons. The Kier molecular flexibility index (Phi) is 7.85. The molecule has 0 fully saturated rings. The van der Waals surface area contributed by atoms with E-state index >= 15 is 0 Å². The van der Waals surface area contributed by atoms with Crippen LogP contribution < -0.4 is 5.32 Å². The van der Waals surface area contributed by atoms with Crippen molar-refractivity contribution in [1.29, 1.82) is 0 Å². The molecule has 2 atom stereocenters. The molecule has 1 aromatic heterocycles. The highest BCUT2D eigenvalue weighted by Gasteiger charge is 2.24. The minimum Gasteiger partial charge on any atom is -0.377 e. The highest BCUT2D eigenvalue weighted by Crippen LogP contribution is 2.16. The lowest BCUT2D eigenvalue weighted by atomic mass is 9.95. The Balaban J connectivity index is 2.64. The van der Waals surface area contributed by atoms with Gasteiger partial charge < -0.3 is 10.1 Å². The Hall–Kier alpha value is -0.870. The molecule has 0 saturated carbocycles. The first-order valence-electron chi connectivity index (χ1n) is 7.92. The van der Waals surface area contributed by atoms with Gasteiger partial charge in [0.2, 0.25) is 0 Å². The molecule has 0 radical (unpaired) electrons. The maximum absolute atomic E-state index is 5.98. The molecule has 0 aliphatic carbocycles. The first-order chi connectivity index (χ1) is 9.60. The molecule has 1 N–H and O–H groups in total. The van der Waals surface area contributed by atoms with Crippen LogP contribution in [-0.4, -0.2) is 35.1 Å². The molecule has 0 aliphatic rings. The van der Waals surface area contributed by atoms with E-state index in [1.165, 1.54) is 5.69 Å². The molecule has 0 aromatic carbocycles. The van der Waals surface area contributed by atoms with Crippen molar-refractivity contribution >= 4 is 0 Å². The quantitative estimate of drug-likeness (QED) is 0.717. The van der Waals surface area contributed by atoms with E-state index in [9.17, 15) is 0 Å². The fourth-order valence-electron chi connectivity index (χ4n) is 2.63. The fourth-order valence-corrected chi connectivity index (χ4v) is 2.63. The second kappa shape index (κ2) is 9.14. The Morgan fingerprint density at radius 1 is 1.35 bits per heavy atom. The number of aromatic nitrogens is 2. The zero-order valence-electron chi connectivity index (χ0n) is 13.7. The van der Waals surface area contributed by atoms with E-state index in [0.717, 1.165) is 32.4 Å². The highest BCUT2D eigenvalue weighted by atomic mass is 16.5. The van der Waals surface area contributed by atoms with Gasteiger partial charge in [0.25, 0.3) is 0 Å². The Morgan fingerprint density at radius 3 is 2.60 bits per heavy atom. The van der Waals surface area contributed by atoms with Crippen molar-refractivity contribution < 1.29 is 4.74 Å². The molecule has 0 amide bonds. The van der Waals surface area contributed by atoms with E-state index in [0.29, 0.717) is 12.0 Å². The molecule has 1 heterocycles. The van der Waals surface area contributed by atoms with Crippen molar-refractivity contribution in [3.05, 3.63) is 18.0 Å². The summed E-state index contributed by atoms with van der Waals surface area (Å²) in [5.74, 6) is 0.524. The first-order valence-corrected chi connectivity index (χ1v) is 7.92.